The number of ether oxygens (including phenoxy) is 2. The molecule has 2 rings (SSSR count). The Bertz CT molecular complexity index is 821. The van der Waals surface area contributed by atoms with Gasteiger partial charge in [-0.05, 0) is 35.9 Å². The van der Waals surface area contributed by atoms with Crippen LogP contribution in [0.4, 0.5) is 0 Å². The smallest absolute Gasteiger partial charge is 0.341 e. The standard InChI is InChI=1S/C18H17BrN2O5/c1-25-13-5-2-11(3-6-13)8-16(20)21-18(24)14-9-12(19)4-7-15(14)26-10-17(22)23/h2-7,9H,8,10H2,1H3,(H,22,23)(H2,20,21,24). The predicted octanol–water partition coefficient (Wildman–Crippen LogP) is 2.87. The molecule has 0 radical (unpaired) electrons. The van der Waals surface area contributed by atoms with Crippen LogP contribution in [0.5, 0.6) is 11.5 Å². The average molecular weight is 421 g/mol. The Morgan fingerprint density at radius 1 is 1.19 bits per heavy atom. The summed E-state index contributed by atoms with van der Waals surface area (Å²) in [6.45, 7) is -0.564. The zero-order valence-corrected chi connectivity index (χ0v) is 15.5. The number of carboxylic acids is 1. The maximum Gasteiger partial charge on any atom is 0.341 e. The summed E-state index contributed by atoms with van der Waals surface area (Å²) < 4.78 is 10.8. The number of hydrogen-bond acceptors (Lipinski definition) is 5. The molecule has 0 saturated carbocycles. The van der Waals surface area contributed by atoms with Crippen molar-refractivity contribution in [3.63, 3.8) is 0 Å². The Morgan fingerprint density at radius 3 is 2.50 bits per heavy atom. The highest BCUT2D eigenvalue weighted by Crippen LogP contribution is 2.23. The average Bonchev–Trinajstić information content (AvgIpc) is 2.61. The molecule has 0 unspecified atom stereocenters. The predicted molar refractivity (Wildman–Crippen MR) is 99.2 cm³/mol. The minimum atomic E-state index is -1.15. The Balaban J connectivity index is 2.06. The second-order valence-corrected chi connectivity index (χ2v) is 6.20. The van der Waals surface area contributed by atoms with Crippen molar-refractivity contribution in [2.75, 3.05) is 13.7 Å². The lowest BCUT2D eigenvalue weighted by Crippen LogP contribution is -2.31. The van der Waals surface area contributed by atoms with Gasteiger partial charge in [0.2, 0.25) is 0 Å². The van der Waals surface area contributed by atoms with Crippen LogP contribution in [-0.2, 0) is 11.2 Å². The third-order valence-electron chi connectivity index (χ3n) is 3.34. The monoisotopic (exact) mass is 420 g/mol. The van der Waals surface area contributed by atoms with E-state index in [0.717, 1.165) is 5.56 Å². The number of amides is 1. The first-order valence-electron chi connectivity index (χ1n) is 7.55. The van der Waals surface area contributed by atoms with E-state index in [1.165, 1.54) is 12.1 Å². The molecular weight excluding hydrogens is 404 g/mol. The molecule has 0 spiro atoms. The highest BCUT2D eigenvalue weighted by atomic mass is 79.9. The van der Waals surface area contributed by atoms with Crippen molar-refractivity contribution in [1.29, 1.82) is 5.41 Å². The molecular formula is C18H17BrN2O5. The third-order valence-corrected chi connectivity index (χ3v) is 3.84. The van der Waals surface area contributed by atoms with E-state index in [-0.39, 0.29) is 23.6 Å². The number of hydrogen-bond donors (Lipinski definition) is 3. The molecule has 3 N–H and O–H groups in total. The number of rotatable bonds is 7. The molecule has 2 aromatic carbocycles. The van der Waals surface area contributed by atoms with E-state index >= 15 is 0 Å². The van der Waals surface area contributed by atoms with E-state index in [2.05, 4.69) is 21.2 Å². The van der Waals surface area contributed by atoms with Gasteiger partial charge in [-0.25, -0.2) is 4.79 Å². The van der Waals surface area contributed by atoms with Gasteiger partial charge in [0.1, 0.15) is 17.3 Å². The Kier molecular flexibility index (Phi) is 6.74. The van der Waals surface area contributed by atoms with Crippen LogP contribution >= 0.6 is 15.9 Å². The van der Waals surface area contributed by atoms with Gasteiger partial charge in [0.25, 0.3) is 5.91 Å². The van der Waals surface area contributed by atoms with Crippen LogP contribution in [0.1, 0.15) is 15.9 Å². The van der Waals surface area contributed by atoms with Gasteiger partial charge in [0.05, 0.1) is 12.7 Å². The maximum atomic E-state index is 12.4. The van der Waals surface area contributed by atoms with Crippen molar-refractivity contribution < 1.29 is 24.2 Å². The molecule has 0 aliphatic rings. The molecule has 0 aromatic heterocycles. The van der Waals surface area contributed by atoms with Crippen LogP contribution in [0.2, 0.25) is 0 Å². The summed E-state index contributed by atoms with van der Waals surface area (Å²) in [5.74, 6) is -0.856. The molecule has 0 heterocycles. The minimum absolute atomic E-state index is 0.00401. The van der Waals surface area contributed by atoms with Gasteiger partial charge < -0.3 is 19.9 Å². The van der Waals surface area contributed by atoms with Crippen LogP contribution in [0.3, 0.4) is 0 Å². The summed E-state index contributed by atoms with van der Waals surface area (Å²) in [7, 11) is 1.57. The van der Waals surface area contributed by atoms with Crippen molar-refractivity contribution in [3.05, 3.63) is 58.1 Å². The summed E-state index contributed by atoms with van der Waals surface area (Å²) in [5.41, 5.74) is 0.979. The number of aliphatic carboxylic acids is 1. The quantitative estimate of drug-likeness (QED) is 0.471. The van der Waals surface area contributed by atoms with E-state index in [1.807, 2.05) is 0 Å². The van der Waals surface area contributed by atoms with E-state index in [9.17, 15) is 9.59 Å². The van der Waals surface area contributed by atoms with Crippen LogP contribution < -0.4 is 14.8 Å². The zero-order chi connectivity index (χ0) is 19.1. The fourth-order valence-corrected chi connectivity index (χ4v) is 2.50. The number of methoxy groups -OCH3 is 1. The molecule has 7 nitrogen and oxygen atoms in total. The zero-order valence-electron chi connectivity index (χ0n) is 13.9. The van der Waals surface area contributed by atoms with Crippen molar-refractivity contribution in [1.82, 2.24) is 5.32 Å². The molecule has 0 saturated heterocycles. The van der Waals surface area contributed by atoms with Crippen molar-refractivity contribution in [3.8, 4) is 11.5 Å². The number of amidine groups is 1. The first-order valence-corrected chi connectivity index (χ1v) is 8.34. The lowest BCUT2D eigenvalue weighted by Gasteiger charge is -2.12. The van der Waals surface area contributed by atoms with Crippen LogP contribution in [-0.4, -0.2) is 36.5 Å². The Morgan fingerprint density at radius 2 is 1.88 bits per heavy atom. The molecule has 1 amide bonds. The molecule has 2 aromatic rings. The van der Waals surface area contributed by atoms with Crippen LogP contribution in [0.25, 0.3) is 0 Å². The van der Waals surface area contributed by atoms with Gasteiger partial charge in [0, 0.05) is 10.9 Å². The van der Waals surface area contributed by atoms with Crippen molar-refractivity contribution in [2.45, 2.75) is 6.42 Å². The first kappa shape index (κ1) is 19.5. The topological polar surface area (TPSA) is 109 Å². The summed E-state index contributed by atoms with van der Waals surface area (Å²) in [4.78, 5) is 23.1. The van der Waals surface area contributed by atoms with Gasteiger partial charge in [-0.1, -0.05) is 28.1 Å². The fraction of sp³-hybridized carbons (Fsp3) is 0.167. The Labute approximate surface area is 158 Å². The molecule has 26 heavy (non-hydrogen) atoms. The van der Waals surface area contributed by atoms with E-state index in [4.69, 9.17) is 20.0 Å². The third kappa shape index (κ3) is 5.59. The highest BCUT2D eigenvalue weighted by Gasteiger charge is 2.16. The molecule has 136 valence electrons. The number of carbonyl (C=O) groups excluding carboxylic acids is 1. The largest absolute Gasteiger partial charge is 0.497 e. The summed E-state index contributed by atoms with van der Waals surface area (Å²) in [5, 5.41) is 19.2. The molecule has 0 bridgehead atoms. The normalized spacial score (nSPS) is 10.1. The SMILES string of the molecule is COc1ccc(CC(=N)NC(=O)c2cc(Br)ccc2OCC(=O)O)cc1. The molecule has 0 atom stereocenters. The van der Waals surface area contributed by atoms with Gasteiger partial charge in [-0.15, -0.1) is 0 Å². The highest BCUT2D eigenvalue weighted by molar-refractivity contribution is 9.10. The number of carboxylic acid groups (broad SMARTS) is 1. The second-order valence-electron chi connectivity index (χ2n) is 5.28. The lowest BCUT2D eigenvalue weighted by atomic mass is 10.1. The summed E-state index contributed by atoms with van der Waals surface area (Å²) in [6, 6.07) is 11.8. The molecule has 0 aliphatic heterocycles. The van der Waals surface area contributed by atoms with Gasteiger partial charge in [0.15, 0.2) is 6.61 Å². The second kappa shape index (κ2) is 9.00. The molecule has 0 aliphatic carbocycles. The van der Waals surface area contributed by atoms with E-state index in [1.54, 1.807) is 37.4 Å². The van der Waals surface area contributed by atoms with Crippen LogP contribution in [0, 0.1) is 5.41 Å². The number of halogens is 1. The summed E-state index contributed by atoms with van der Waals surface area (Å²) in [6.07, 6.45) is 0.231. The van der Waals surface area contributed by atoms with E-state index in [0.29, 0.717) is 10.2 Å². The lowest BCUT2D eigenvalue weighted by molar-refractivity contribution is -0.139. The first-order chi connectivity index (χ1) is 12.4. The number of benzene rings is 2. The number of carbonyl (C=O) groups is 2. The van der Waals surface area contributed by atoms with Gasteiger partial charge in [-0.2, -0.15) is 0 Å². The van der Waals surface area contributed by atoms with Crippen molar-refractivity contribution >= 4 is 33.6 Å². The maximum absolute atomic E-state index is 12.4. The van der Waals surface area contributed by atoms with Gasteiger partial charge in [-0.3, -0.25) is 10.2 Å². The minimum Gasteiger partial charge on any atom is -0.497 e. The van der Waals surface area contributed by atoms with Crippen molar-refractivity contribution in [2.24, 2.45) is 0 Å². The number of nitrogens with one attached hydrogen (secondary N) is 2. The van der Waals surface area contributed by atoms with Crippen LogP contribution in [0.15, 0.2) is 46.9 Å². The Hall–Kier alpha value is -2.87. The fourth-order valence-electron chi connectivity index (χ4n) is 2.14. The molecule has 8 heteroatoms. The summed E-state index contributed by atoms with van der Waals surface area (Å²) >= 11 is 3.26. The molecule has 0 fully saturated rings. The van der Waals surface area contributed by atoms with Gasteiger partial charge >= 0.3 is 5.97 Å². The van der Waals surface area contributed by atoms with E-state index < -0.39 is 18.5 Å².